The second kappa shape index (κ2) is 13.0. The third kappa shape index (κ3) is 8.34. The van der Waals surface area contributed by atoms with E-state index in [0.29, 0.717) is 40.9 Å². The molecule has 1 fully saturated rings. The van der Waals surface area contributed by atoms with Crippen LogP contribution < -0.4 is 15.4 Å². The number of thioether (sulfide) groups is 1. The second-order valence-corrected chi connectivity index (χ2v) is 18.1. The number of benzene rings is 1. The number of rotatable bonds is 12. The van der Waals surface area contributed by atoms with Crippen LogP contribution in [0.3, 0.4) is 0 Å². The summed E-state index contributed by atoms with van der Waals surface area (Å²) in [6.45, 7) is 8.37. The Labute approximate surface area is 247 Å². The van der Waals surface area contributed by atoms with Crippen LogP contribution in [0.25, 0.3) is 11.0 Å². The maximum Gasteiger partial charge on any atom is 0.404 e. The molecule has 0 radical (unpaired) electrons. The van der Waals surface area contributed by atoms with Gasteiger partial charge in [-0.2, -0.15) is 0 Å². The minimum absolute atomic E-state index is 0.161. The molecule has 3 N–H and O–H groups in total. The maximum absolute atomic E-state index is 15.1. The third-order valence-electron chi connectivity index (χ3n) is 6.68. The summed E-state index contributed by atoms with van der Waals surface area (Å²) in [6, 6.07) is 4.77. The number of fused-ring (bicyclic) bond motifs is 1. The average molecular weight is 626 g/mol. The SMILES string of the molecule is CSC(=NCC1(CNC(=O)O)CC1)Nc1cc(F)c(Oc2ccnc3c2c(Cl)cn3COCC[Si](C)(C)C)c(F)c1. The first-order chi connectivity index (χ1) is 19.4. The third-order valence-corrected chi connectivity index (χ3v) is 9.29. The Hall–Kier alpha value is -2.87. The number of amidine groups is 1. The second-order valence-electron chi connectivity index (χ2n) is 11.3. The molecule has 0 spiro atoms. The Kier molecular flexibility index (Phi) is 9.83. The predicted molar refractivity (Wildman–Crippen MR) is 162 cm³/mol. The van der Waals surface area contributed by atoms with E-state index in [-0.39, 0.29) is 23.6 Å². The fraction of sp³-hybridized carbons (Fsp3) is 0.444. The highest BCUT2D eigenvalue weighted by Gasteiger charge is 2.42. The highest BCUT2D eigenvalue weighted by molar-refractivity contribution is 8.13. The Bertz CT molecular complexity index is 1420. The molecule has 1 aliphatic rings. The van der Waals surface area contributed by atoms with Crippen LogP contribution in [-0.2, 0) is 11.5 Å². The van der Waals surface area contributed by atoms with Crippen molar-refractivity contribution in [1.29, 1.82) is 0 Å². The number of anilines is 1. The number of hydrogen-bond donors (Lipinski definition) is 3. The summed E-state index contributed by atoms with van der Waals surface area (Å²) in [5.74, 6) is -2.23. The van der Waals surface area contributed by atoms with Crippen molar-refractivity contribution in [1.82, 2.24) is 14.9 Å². The Balaban J connectivity index is 1.47. The van der Waals surface area contributed by atoms with Crippen LogP contribution in [0.2, 0.25) is 30.7 Å². The lowest BCUT2D eigenvalue weighted by atomic mass is 10.1. The number of ether oxygens (including phenoxy) is 2. The van der Waals surface area contributed by atoms with Gasteiger partial charge in [-0.1, -0.05) is 43.0 Å². The quantitative estimate of drug-likeness (QED) is 0.0841. The number of hydrogen-bond acceptors (Lipinski definition) is 6. The van der Waals surface area contributed by atoms with E-state index >= 15 is 8.78 Å². The van der Waals surface area contributed by atoms with E-state index in [1.54, 1.807) is 17.0 Å². The van der Waals surface area contributed by atoms with Crippen LogP contribution in [0.15, 0.2) is 35.6 Å². The molecule has 9 nitrogen and oxygen atoms in total. The van der Waals surface area contributed by atoms with Crippen molar-refractivity contribution in [3.8, 4) is 11.5 Å². The van der Waals surface area contributed by atoms with Gasteiger partial charge < -0.3 is 29.8 Å². The van der Waals surface area contributed by atoms with Gasteiger partial charge in [0, 0.05) is 63.4 Å². The smallest absolute Gasteiger partial charge is 0.404 e. The molecule has 41 heavy (non-hydrogen) atoms. The first kappa shape index (κ1) is 31.1. The van der Waals surface area contributed by atoms with Crippen molar-refractivity contribution in [3.63, 3.8) is 0 Å². The van der Waals surface area contributed by atoms with Gasteiger partial charge in [0.1, 0.15) is 18.1 Å². The van der Waals surface area contributed by atoms with Crippen LogP contribution in [0.4, 0.5) is 19.3 Å². The molecule has 3 aromatic rings. The first-order valence-corrected chi connectivity index (χ1v) is 18.4. The molecule has 14 heteroatoms. The number of halogens is 3. The number of amides is 1. The zero-order chi connectivity index (χ0) is 29.8. The molecule has 0 unspecified atom stereocenters. The van der Waals surface area contributed by atoms with Crippen molar-refractivity contribution in [2.75, 3.05) is 31.3 Å². The molecule has 0 saturated heterocycles. The average Bonchev–Trinajstić information content (AvgIpc) is 3.61. The van der Waals surface area contributed by atoms with Crippen molar-refractivity contribution in [3.05, 3.63) is 47.2 Å². The van der Waals surface area contributed by atoms with Gasteiger partial charge in [0.2, 0.25) is 0 Å². The normalized spacial score (nSPS) is 14.8. The molecule has 1 saturated carbocycles. The Morgan fingerprint density at radius 2 is 2.00 bits per heavy atom. The molecule has 0 atom stereocenters. The summed E-state index contributed by atoms with van der Waals surface area (Å²) in [7, 11) is -1.24. The first-order valence-electron chi connectivity index (χ1n) is 13.1. The van der Waals surface area contributed by atoms with E-state index in [1.165, 1.54) is 24.0 Å². The highest BCUT2D eigenvalue weighted by atomic mass is 35.5. The van der Waals surface area contributed by atoms with Crippen LogP contribution in [0.5, 0.6) is 11.5 Å². The summed E-state index contributed by atoms with van der Waals surface area (Å²) in [4.78, 5) is 19.7. The molecule has 222 valence electrons. The van der Waals surface area contributed by atoms with Crippen LogP contribution in [0.1, 0.15) is 12.8 Å². The monoisotopic (exact) mass is 625 g/mol. The van der Waals surface area contributed by atoms with Crippen LogP contribution in [0, 0.1) is 17.0 Å². The number of aliphatic imine (C=N–C) groups is 1. The Morgan fingerprint density at radius 3 is 2.61 bits per heavy atom. The number of pyridine rings is 1. The number of nitrogens with one attached hydrogen (secondary N) is 2. The van der Waals surface area contributed by atoms with Gasteiger partial charge in [0.05, 0.1) is 10.4 Å². The molecule has 0 aliphatic heterocycles. The molecule has 2 aromatic heterocycles. The van der Waals surface area contributed by atoms with E-state index < -0.39 is 31.6 Å². The topological polar surface area (TPSA) is 110 Å². The largest absolute Gasteiger partial charge is 0.465 e. The van der Waals surface area contributed by atoms with Crippen LogP contribution >= 0.6 is 23.4 Å². The minimum atomic E-state index is -1.24. The van der Waals surface area contributed by atoms with E-state index in [2.05, 4.69) is 40.3 Å². The fourth-order valence-corrected chi connectivity index (χ4v) is 5.52. The van der Waals surface area contributed by atoms with Gasteiger partial charge in [-0.05, 0) is 31.2 Å². The van der Waals surface area contributed by atoms with Crippen molar-refractivity contribution in [2.24, 2.45) is 10.4 Å². The van der Waals surface area contributed by atoms with E-state index in [9.17, 15) is 4.79 Å². The van der Waals surface area contributed by atoms with Gasteiger partial charge in [0.15, 0.2) is 22.6 Å². The molecule has 1 amide bonds. The highest BCUT2D eigenvalue weighted by Crippen LogP contribution is 2.45. The molecule has 0 bridgehead atoms. The van der Waals surface area contributed by atoms with Crippen LogP contribution in [-0.4, -0.2) is 59.9 Å². The zero-order valence-corrected chi connectivity index (χ0v) is 26.0. The summed E-state index contributed by atoms with van der Waals surface area (Å²) >= 11 is 7.76. The van der Waals surface area contributed by atoms with E-state index in [0.717, 1.165) is 31.0 Å². The molecule has 1 aromatic carbocycles. The summed E-state index contributed by atoms with van der Waals surface area (Å²) in [6.07, 6.45) is 5.56. The number of aromatic nitrogens is 2. The number of carbonyl (C=O) groups is 1. The molecule has 1 aliphatic carbocycles. The number of nitrogens with zero attached hydrogens (tertiary/aromatic N) is 3. The maximum atomic E-state index is 15.1. The summed E-state index contributed by atoms with van der Waals surface area (Å²) in [5, 5.41) is 15.4. The molecular weight excluding hydrogens is 592 g/mol. The van der Waals surface area contributed by atoms with Crippen molar-refractivity contribution < 1.29 is 28.2 Å². The standard InChI is InChI=1S/C27H34ClF2N5O4SSi/c1-40-25(32-14-27(6-7-27)15-33-26(36)37)34-17-11-19(29)23(20(30)12-17)39-21-5-8-31-24-22(21)18(28)13-35(24)16-38-9-10-41(2,3)4/h5,8,11-13,33H,6-7,9-10,14-16H2,1-4H3,(H,32,34)(H,36,37). The lowest BCUT2D eigenvalue weighted by Gasteiger charge is -2.15. The zero-order valence-electron chi connectivity index (χ0n) is 23.4. The van der Waals surface area contributed by atoms with Crippen molar-refractivity contribution in [2.45, 2.75) is 45.3 Å². The van der Waals surface area contributed by atoms with Gasteiger partial charge in [-0.25, -0.2) is 18.6 Å². The minimum Gasteiger partial charge on any atom is -0.465 e. The van der Waals surface area contributed by atoms with E-state index in [1.807, 2.05) is 0 Å². The predicted octanol–water partition coefficient (Wildman–Crippen LogP) is 7.25. The lowest BCUT2D eigenvalue weighted by Crippen LogP contribution is -2.30. The molecule has 4 rings (SSSR count). The van der Waals surface area contributed by atoms with Gasteiger partial charge in [0.25, 0.3) is 0 Å². The van der Waals surface area contributed by atoms with Gasteiger partial charge in [-0.15, -0.1) is 0 Å². The Morgan fingerprint density at radius 1 is 1.29 bits per heavy atom. The van der Waals surface area contributed by atoms with E-state index in [4.69, 9.17) is 26.2 Å². The van der Waals surface area contributed by atoms with Gasteiger partial charge >= 0.3 is 6.09 Å². The fourth-order valence-electron chi connectivity index (χ4n) is 4.05. The summed E-state index contributed by atoms with van der Waals surface area (Å²) < 4.78 is 43.5. The summed E-state index contributed by atoms with van der Waals surface area (Å²) in [5.41, 5.74) is 0.423. The van der Waals surface area contributed by atoms with Gasteiger partial charge in [-0.3, -0.25) is 4.99 Å². The van der Waals surface area contributed by atoms with Crippen molar-refractivity contribution >= 4 is 59.4 Å². The lowest BCUT2D eigenvalue weighted by molar-refractivity contribution is 0.0899. The molecule has 2 heterocycles. The molecular formula is C27H34ClF2N5O4SSi. The number of carboxylic acid groups (broad SMARTS) is 1.